The molecule has 1 aromatic carbocycles. The van der Waals surface area contributed by atoms with Crippen molar-refractivity contribution in [3.05, 3.63) is 28.2 Å². The average molecular weight is 383 g/mol. The van der Waals surface area contributed by atoms with Crippen LogP contribution in [-0.2, 0) is 4.79 Å². The lowest BCUT2D eigenvalue weighted by Crippen LogP contribution is -2.45. The molecule has 0 atom stereocenters. The van der Waals surface area contributed by atoms with E-state index in [-0.39, 0.29) is 5.91 Å². The van der Waals surface area contributed by atoms with E-state index in [1.165, 1.54) is 18.5 Å². The molecule has 5 heteroatoms. The molecule has 1 N–H and O–H groups in total. The third kappa shape index (κ3) is 6.15. The van der Waals surface area contributed by atoms with E-state index in [9.17, 15) is 4.79 Å². The second-order valence-corrected chi connectivity index (χ2v) is 7.07. The summed E-state index contributed by atoms with van der Waals surface area (Å²) in [6.45, 7) is 7.99. The minimum absolute atomic E-state index is 0.0853. The van der Waals surface area contributed by atoms with Crippen molar-refractivity contribution >= 4 is 21.8 Å². The Hall–Kier alpha value is -1.07. The summed E-state index contributed by atoms with van der Waals surface area (Å²) < 4.78 is 6.62. The molecule has 1 saturated heterocycles. The van der Waals surface area contributed by atoms with Gasteiger partial charge in [-0.3, -0.25) is 4.79 Å². The molecule has 1 aliphatic heterocycles. The van der Waals surface area contributed by atoms with E-state index < -0.39 is 0 Å². The SMILES string of the molecule is CCCN1CCC(NC(=O)CCOc2ccc(C)cc2Br)CC1. The molecule has 0 saturated carbocycles. The van der Waals surface area contributed by atoms with Crippen molar-refractivity contribution in [3.63, 3.8) is 0 Å². The molecule has 0 aliphatic carbocycles. The maximum atomic E-state index is 12.0. The van der Waals surface area contributed by atoms with Gasteiger partial charge in [-0.05, 0) is 66.4 Å². The van der Waals surface area contributed by atoms with E-state index >= 15 is 0 Å². The molecule has 2 rings (SSSR count). The Kier molecular flexibility index (Phi) is 7.37. The van der Waals surface area contributed by atoms with E-state index in [0.29, 0.717) is 19.1 Å². The molecule has 0 spiro atoms. The van der Waals surface area contributed by atoms with Crippen molar-refractivity contribution in [2.75, 3.05) is 26.2 Å². The Morgan fingerprint density at radius 3 is 2.78 bits per heavy atom. The molecule has 128 valence electrons. The third-order valence-electron chi connectivity index (χ3n) is 4.17. The quantitative estimate of drug-likeness (QED) is 0.784. The summed E-state index contributed by atoms with van der Waals surface area (Å²) in [6.07, 6.45) is 3.70. The van der Waals surface area contributed by atoms with Crippen LogP contribution in [0.25, 0.3) is 0 Å². The lowest BCUT2D eigenvalue weighted by molar-refractivity contribution is -0.122. The zero-order chi connectivity index (χ0) is 16.7. The normalized spacial score (nSPS) is 16.3. The van der Waals surface area contributed by atoms with Gasteiger partial charge in [0.15, 0.2) is 0 Å². The first-order chi connectivity index (χ1) is 11.1. The number of carbonyl (C=O) groups excluding carboxylic acids is 1. The Morgan fingerprint density at radius 2 is 2.13 bits per heavy atom. The highest BCUT2D eigenvalue weighted by atomic mass is 79.9. The van der Waals surface area contributed by atoms with Gasteiger partial charge in [0.05, 0.1) is 17.5 Å². The fourth-order valence-electron chi connectivity index (χ4n) is 2.89. The maximum absolute atomic E-state index is 12.0. The first-order valence-corrected chi connectivity index (χ1v) is 9.28. The number of carbonyl (C=O) groups is 1. The van der Waals surface area contributed by atoms with Gasteiger partial charge in [-0.1, -0.05) is 13.0 Å². The Morgan fingerprint density at radius 1 is 1.39 bits per heavy atom. The number of halogens is 1. The molecule has 1 aromatic rings. The van der Waals surface area contributed by atoms with Crippen molar-refractivity contribution in [1.29, 1.82) is 0 Å². The number of amides is 1. The zero-order valence-electron chi connectivity index (χ0n) is 14.1. The third-order valence-corrected chi connectivity index (χ3v) is 4.79. The molecule has 1 fully saturated rings. The van der Waals surface area contributed by atoms with Crippen LogP contribution in [-0.4, -0.2) is 43.1 Å². The fraction of sp³-hybridized carbons (Fsp3) is 0.611. The Labute approximate surface area is 147 Å². The van der Waals surface area contributed by atoms with Gasteiger partial charge in [0.25, 0.3) is 0 Å². The number of ether oxygens (including phenoxy) is 1. The van der Waals surface area contributed by atoms with E-state index in [2.05, 4.69) is 33.1 Å². The van der Waals surface area contributed by atoms with Gasteiger partial charge in [0.2, 0.25) is 5.91 Å². The van der Waals surface area contributed by atoms with Crippen molar-refractivity contribution in [2.45, 2.75) is 45.6 Å². The second kappa shape index (κ2) is 9.28. The summed E-state index contributed by atoms with van der Waals surface area (Å²) >= 11 is 3.48. The smallest absolute Gasteiger partial charge is 0.223 e. The van der Waals surface area contributed by atoms with E-state index in [1.54, 1.807) is 0 Å². The number of nitrogens with zero attached hydrogens (tertiary/aromatic N) is 1. The van der Waals surface area contributed by atoms with Gasteiger partial charge in [0, 0.05) is 19.1 Å². The van der Waals surface area contributed by atoms with Crippen LogP contribution in [0.1, 0.15) is 38.2 Å². The highest BCUT2D eigenvalue weighted by molar-refractivity contribution is 9.10. The molecule has 1 amide bonds. The number of hydrogen-bond acceptors (Lipinski definition) is 3. The molecule has 0 unspecified atom stereocenters. The minimum atomic E-state index is 0.0853. The second-order valence-electron chi connectivity index (χ2n) is 6.22. The van der Waals surface area contributed by atoms with Crippen molar-refractivity contribution in [3.8, 4) is 5.75 Å². The molecule has 0 bridgehead atoms. The van der Waals surface area contributed by atoms with Crippen LogP contribution < -0.4 is 10.1 Å². The maximum Gasteiger partial charge on any atom is 0.223 e. The molecule has 1 aliphatic rings. The average Bonchev–Trinajstić information content (AvgIpc) is 2.52. The first kappa shape index (κ1) is 18.3. The van der Waals surface area contributed by atoms with Crippen LogP contribution in [0.15, 0.2) is 22.7 Å². The number of rotatable bonds is 7. The van der Waals surface area contributed by atoms with Gasteiger partial charge in [-0.2, -0.15) is 0 Å². The number of nitrogens with one attached hydrogen (secondary N) is 1. The zero-order valence-corrected chi connectivity index (χ0v) is 15.7. The van der Waals surface area contributed by atoms with Gasteiger partial charge >= 0.3 is 0 Å². The minimum Gasteiger partial charge on any atom is -0.492 e. The summed E-state index contributed by atoms with van der Waals surface area (Å²) in [5, 5.41) is 3.13. The molecular weight excluding hydrogens is 356 g/mol. The van der Waals surface area contributed by atoms with E-state index in [1.807, 2.05) is 25.1 Å². The van der Waals surface area contributed by atoms with Gasteiger partial charge in [0.1, 0.15) is 5.75 Å². The van der Waals surface area contributed by atoms with E-state index in [0.717, 1.165) is 36.2 Å². The molecule has 0 radical (unpaired) electrons. The van der Waals surface area contributed by atoms with Crippen LogP contribution in [0.5, 0.6) is 5.75 Å². The van der Waals surface area contributed by atoms with Gasteiger partial charge in [-0.25, -0.2) is 0 Å². The number of hydrogen-bond donors (Lipinski definition) is 1. The molecule has 23 heavy (non-hydrogen) atoms. The van der Waals surface area contributed by atoms with Crippen LogP contribution in [0, 0.1) is 6.92 Å². The summed E-state index contributed by atoms with van der Waals surface area (Å²) in [5.41, 5.74) is 1.18. The van der Waals surface area contributed by atoms with Crippen LogP contribution in [0.2, 0.25) is 0 Å². The predicted molar refractivity (Wildman–Crippen MR) is 96.9 cm³/mol. The Balaban J connectivity index is 1.66. The van der Waals surface area contributed by atoms with Crippen molar-refractivity contribution < 1.29 is 9.53 Å². The number of likely N-dealkylation sites (tertiary alicyclic amines) is 1. The molecule has 1 heterocycles. The van der Waals surface area contributed by atoms with Crippen LogP contribution in [0.3, 0.4) is 0 Å². The lowest BCUT2D eigenvalue weighted by Gasteiger charge is -2.32. The lowest BCUT2D eigenvalue weighted by atomic mass is 10.0. The van der Waals surface area contributed by atoms with Crippen molar-refractivity contribution in [1.82, 2.24) is 10.2 Å². The van der Waals surface area contributed by atoms with Gasteiger partial charge in [-0.15, -0.1) is 0 Å². The Bertz CT molecular complexity index is 514. The monoisotopic (exact) mass is 382 g/mol. The number of piperidine rings is 1. The summed E-state index contributed by atoms with van der Waals surface area (Å²) in [6, 6.07) is 6.27. The number of benzene rings is 1. The largest absolute Gasteiger partial charge is 0.492 e. The standard InChI is InChI=1S/C18H27BrN2O2/c1-3-9-21-10-6-15(7-11-21)20-18(22)8-12-23-17-5-4-14(2)13-16(17)19/h4-5,13,15H,3,6-12H2,1-2H3,(H,20,22). The first-order valence-electron chi connectivity index (χ1n) is 8.49. The highest BCUT2D eigenvalue weighted by Crippen LogP contribution is 2.25. The molecule has 4 nitrogen and oxygen atoms in total. The topological polar surface area (TPSA) is 41.6 Å². The summed E-state index contributed by atoms with van der Waals surface area (Å²) in [4.78, 5) is 14.5. The highest BCUT2D eigenvalue weighted by Gasteiger charge is 2.19. The fourth-order valence-corrected chi connectivity index (χ4v) is 3.50. The summed E-state index contributed by atoms with van der Waals surface area (Å²) in [5.74, 6) is 0.874. The van der Waals surface area contributed by atoms with Crippen molar-refractivity contribution in [2.24, 2.45) is 0 Å². The van der Waals surface area contributed by atoms with Crippen LogP contribution >= 0.6 is 15.9 Å². The van der Waals surface area contributed by atoms with E-state index in [4.69, 9.17) is 4.74 Å². The van der Waals surface area contributed by atoms with Gasteiger partial charge < -0.3 is 15.0 Å². The molecular formula is C18H27BrN2O2. The summed E-state index contributed by atoms with van der Waals surface area (Å²) in [7, 11) is 0. The van der Waals surface area contributed by atoms with Crippen LogP contribution in [0.4, 0.5) is 0 Å². The number of aryl methyl sites for hydroxylation is 1. The molecule has 0 aromatic heterocycles. The predicted octanol–water partition coefficient (Wildman–Crippen LogP) is 3.52.